The molecule has 0 aliphatic rings. The van der Waals surface area contributed by atoms with Crippen molar-refractivity contribution in [3.05, 3.63) is 132 Å². The number of hydrogen-bond donors (Lipinski definition) is 0. The van der Waals surface area contributed by atoms with Crippen LogP contribution in [0.15, 0.2) is 109 Å². The highest BCUT2D eigenvalue weighted by molar-refractivity contribution is 6.09. The van der Waals surface area contributed by atoms with Gasteiger partial charge in [0.05, 0.1) is 22.4 Å². The Morgan fingerprint density at radius 2 is 1.56 bits per heavy atom. The third-order valence-electron chi connectivity index (χ3n) is 8.59. The van der Waals surface area contributed by atoms with Crippen LogP contribution in [-0.2, 0) is 6.42 Å². The van der Waals surface area contributed by atoms with E-state index in [4.69, 9.17) is 14.8 Å². The van der Waals surface area contributed by atoms with Crippen molar-refractivity contribution < 1.29 is 4.74 Å². The van der Waals surface area contributed by atoms with Crippen molar-refractivity contribution >= 4 is 21.8 Å². The Balaban J connectivity index is 1.28. The fourth-order valence-electron chi connectivity index (χ4n) is 6.34. The average molecular weight is 591 g/mol. The minimum Gasteiger partial charge on any atom is -0.457 e. The Morgan fingerprint density at radius 1 is 0.733 bits per heavy atom. The van der Waals surface area contributed by atoms with Gasteiger partial charge in [-0.3, -0.25) is 4.57 Å². The Kier molecular flexibility index (Phi) is 7.46. The van der Waals surface area contributed by atoms with Crippen LogP contribution < -0.4 is 4.74 Å². The van der Waals surface area contributed by atoms with E-state index in [2.05, 4.69) is 118 Å². The Labute approximate surface area is 264 Å². The van der Waals surface area contributed by atoms with Gasteiger partial charge in [-0.2, -0.15) is 5.10 Å². The molecular formula is C40H38N4O. The molecule has 0 radical (unpaired) electrons. The zero-order valence-corrected chi connectivity index (χ0v) is 26.6. The van der Waals surface area contributed by atoms with Crippen LogP contribution in [0.3, 0.4) is 0 Å². The molecule has 4 aromatic carbocycles. The second-order valence-electron chi connectivity index (χ2n) is 12.4. The van der Waals surface area contributed by atoms with Gasteiger partial charge in [-0.1, -0.05) is 56.3 Å². The van der Waals surface area contributed by atoms with Crippen molar-refractivity contribution in [1.82, 2.24) is 19.3 Å². The first-order valence-corrected chi connectivity index (χ1v) is 15.8. The quantitative estimate of drug-likeness (QED) is 0.177. The molecule has 3 heterocycles. The first-order chi connectivity index (χ1) is 21.9. The summed E-state index contributed by atoms with van der Waals surface area (Å²) in [5, 5.41) is 7.33. The first kappa shape index (κ1) is 28.6. The Morgan fingerprint density at radius 3 is 2.36 bits per heavy atom. The van der Waals surface area contributed by atoms with E-state index >= 15 is 0 Å². The zero-order chi connectivity index (χ0) is 31.1. The molecule has 0 unspecified atom stereocenters. The number of benzene rings is 4. The van der Waals surface area contributed by atoms with E-state index in [9.17, 15) is 0 Å². The first-order valence-electron chi connectivity index (χ1n) is 15.8. The minimum absolute atomic E-state index is 0.670. The molecule has 5 heteroatoms. The van der Waals surface area contributed by atoms with Crippen molar-refractivity contribution in [3.63, 3.8) is 0 Å². The molecule has 0 amide bonds. The van der Waals surface area contributed by atoms with Crippen LogP contribution in [0.1, 0.15) is 42.8 Å². The summed E-state index contributed by atoms with van der Waals surface area (Å²) in [5.41, 5.74) is 10.2. The topological polar surface area (TPSA) is 44.9 Å². The molecule has 0 fully saturated rings. The summed E-state index contributed by atoms with van der Waals surface area (Å²) in [5.74, 6) is 3.11. The van der Waals surface area contributed by atoms with Crippen LogP contribution >= 0.6 is 0 Å². The van der Waals surface area contributed by atoms with E-state index in [0.717, 1.165) is 57.4 Å². The SMILES string of the molecule is Cc1ccnc(-n2c3ccc(CCC(C)C)cc3c3ccc(Oc4cccc(-n5nc(C)c(-c6ccccc6)c5C)c4)cc32)c1. The summed E-state index contributed by atoms with van der Waals surface area (Å²) in [6, 6.07) is 36.0. The lowest BCUT2D eigenvalue weighted by atomic mass is 10.0. The second kappa shape index (κ2) is 11.7. The van der Waals surface area contributed by atoms with E-state index in [1.165, 1.54) is 33.9 Å². The molecule has 7 aromatic rings. The molecule has 0 bridgehead atoms. The zero-order valence-electron chi connectivity index (χ0n) is 26.6. The van der Waals surface area contributed by atoms with E-state index in [1.807, 2.05) is 35.1 Å². The van der Waals surface area contributed by atoms with Gasteiger partial charge in [0.25, 0.3) is 0 Å². The summed E-state index contributed by atoms with van der Waals surface area (Å²) >= 11 is 0. The number of aromatic nitrogens is 4. The van der Waals surface area contributed by atoms with Crippen molar-refractivity contribution in [2.45, 2.75) is 47.5 Å². The van der Waals surface area contributed by atoms with Gasteiger partial charge in [-0.15, -0.1) is 0 Å². The van der Waals surface area contributed by atoms with Gasteiger partial charge in [0.2, 0.25) is 0 Å². The summed E-state index contributed by atoms with van der Waals surface area (Å²) < 4.78 is 10.8. The molecule has 0 aliphatic heterocycles. The maximum Gasteiger partial charge on any atom is 0.137 e. The van der Waals surface area contributed by atoms with Crippen molar-refractivity contribution in [3.8, 4) is 34.1 Å². The number of fused-ring (bicyclic) bond motifs is 3. The molecular weight excluding hydrogens is 552 g/mol. The molecule has 0 atom stereocenters. The molecule has 45 heavy (non-hydrogen) atoms. The smallest absolute Gasteiger partial charge is 0.137 e. The van der Waals surface area contributed by atoms with E-state index in [0.29, 0.717) is 5.92 Å². The van der Waals surface area contributed by atoms with Crippen molar-refractivity contribution in [2.24, 2.45) is 5.92 Å². The van der Waals surface area contributed by atoms with E-state index in [1.54, 1.807) is 0 Å². The van der Waals surface area contributed by atoms with E-state index < -0.39 is 0 Å². The van der Waals surface area contributed by atoms with Gasteiger partial charge in [0.15, 0.2) is 0 Å². The molecule has 224 valence electrons. The minimum atomic E-state index is 0.670. The molecule has 0 N–H and O–H groups in total. The number of pyridine rings is 1. The highest BCUT2D eigenvalue weighted by Crippen LogP contribution is 2.36. The lowest BCUT2D eigenvalue weighted by Gasteiger charge is -2.11. The monoisotopic (exact) mass is 590 g/mol. The third-order valence-corrected chi connectivity index (χ3v) is 8.59. The summed E-state index contributed by atoms with van der Waals surface area (Å²) in [7, 11) is 0. The highest BCUT2D eigenvalue weighted by Gasteiger charge is 2.17. The summed E-state index contributed by atoms with van der Waals surface area (Å²) in [6.45, 7) is 10.9. The molecule has 0 saturated heterocycles. The molecule has 5 nitrogen and oxygen atoms in total. The number of nitrogens with zero attached hydrogens (tertiary/aromatic N) is 4. The van der Waals surface area contributed by atoms with Gasteiger partial charge in [0.1, 0.15) is 17.3 Å². The third kappa shape index (κ3) is 5.51. The van der Waals surface area contributed by atoms with Crippen LogP contribution in [-0.4, -0.2) is 19.3 Å². The van der Waals surface area contributed by atoms with Crippen molar-refractivity contribution in [2.75, 3.05) is 0 Å². The Hall–Kier alpha value is -5.16. The van der Waals surface area contributed by atoms with Crippen LogP contribution in [0.4, 0.5) is 0 Å². The predicted octanol–water partition coefficient (Wildman–Crippen LogP) is 10.3. The van der Waals surface area contributed by atoms with Crippen molar-refractivity contribution in [1.29, 1.82) is 0 Å². The van der Waals surface area contributed by atoms with E-state index in [-0.39, 0.29) is 0 Å². The second-order valence-corrected chi connectivity index (χ2v) is 12.4. The fraction of sp³-hybridized carbons (Fsp3) is 0.200. The fourth-order valence-corrected chi connectivity index (χ4v) is 6.34. The van der Waals surface area contributed by atoms with Crippen LogP contribution in [0.2, 0.25) is 0 Å². The summed E-state index contributed by atoms with van der Waals surface area (Å²) in [4.78, 5) is 4.77. The van der Waals surface area contributed by atoms with Gasteiger partial charge in [-0.25, -0.2) is 9.67 Å². The summed E-state index contributed by atoms with van der Waals surface area (Å²) in [6.07, 6.45) is 4.13. The number of aryl methyl sites for hydroxylation is 3. The van der Waals surface area contributed by atoms with Crippen LogP contribution in [0, 0.1) is 26.7 Å². The molecule has 3 aromatic heterocycles. The molecule has 0 aliphatic carbocycles. The molecule has 0 spiro atoms. The van der Waals surface area contributed by atoms with Crippen LogP contribution in [0.25, 0.3) is 44.4 Å². The van der Waals surface area contributed by atoms with Crippen LogP contribution in [0.5, 0.6) is 11.5 Å². The Bertz CT molecular complexity index is 2150. The number of hydrogen-bond acceptors (Lipinski definition) is 3. The molecule has 7 rings (SSSR count). The number of ether oxygens (including phenoxy) is 1. The standard InChI is InChI=1S/C40H38N4O/c1-26(2)14-15-30-16-19-37-36(23-30)35-18-17-34(25-38(35)43(37)39-22-27(3)20-21-41-39)45-33-13-9-12-32(24-33)44-29(5)40(28(4)42-44)31-10-7-6-8-11-31/h6-13,16-26H,14-15H2,1-5H3. The largest absolute Gasteiger partial charge is 0.457 e. The lowest BCUT2D eigenvalue weighted by molar-refractivity contribution is 0.483. The van der Waals surface area contributed by atoms with Gasteiger partial charge in [-0.05, 0) is 105 Å². The number of rotatable bonds is 8. The lowest BCUT2D eigenvalue weighted by Crippen LogP contribution is -1.99. The maximum atomic E-state index is 6.53. The van der Waals surface area contributed by atoms with Gasteiger partial charge >= 0.3 is 0 Å². The highest BCUT2D eigenvalue weighted by atomic mass is 16.5. The predicted molar refractivity (Wildman–Crippen MR) is 185 cm³/mol. The average Bonchev–Trinajstić information content (AvgIpc) is 3.52. The van der Waals surface area contributed by atoms with Gasteiger partial charge < -0.3 is 4.74 Å². The maximum absolute atomic E-state index is 6.53. The normalized spacial score (nSPS) is 11.6. The van der Waals surface area contributed by atoms with Gasteiger partial charge in [0, 0.05) is 40.4 Å². The molecule has 0 saturated carbocycles.